The van der Waals surface area contributed by atoms with E-state index in [1.54, 1.807) is 12.1 Å². The molecular formula is C14H15NO3. The van der Waals surface area contributed by atoms with Crippen molar-refractivity contribution in [2.45, 2.75) is 19.5 Å². The number of aromatic hydroxyl groups is 1. The van der Waals surface area contributed by atoms with Crippen LogP contribution in [0.4, 0.5) is 0 Å². The van der Waals surface area contributed by atoms with Gasteiger partial charge in [0, 0.05) is 11.6 Å². The molecule has 2 N–H and O–H groups in total. The van der Waals surface area contributed by atoms with Gasteiger partial charge in [-0.05, 0) is 31.2 Å². The summed E-state index contributed by atoms with van der Waals surface area (Å²) in [5, 5.41) is 12.8. The highest BCUT2D eigenvalue weighted by Crippen LogP contribution is 2.34. The Morgan fingerprint density at radius 3 is 3.00 bits per heavy atom. The maximum atomic E-state index is 9.38. The number of fused-ring (bicyclic) bond motifs is 1. The van der Waals surface area contributed by atoms with Gasteiger partial charge in [0.2, 0.25) is 0 Å². The van der Waals surface area contributed by atoms with Gasteiger partial charge in [-0.1, -0.05) is 0 Å². The predicted octanol–water partition coefficient (Wildman–Crippen LogP) is 2.52. The second kappa shape index (κ2) is 4.38. The number of aryl methyl sites for hydroxylation is 1. The van der Waals surface area contributed by atoms with Crippen LogP contribution in [0.1, 0.15) is 23.1 Å². The number of phenols is 1. The fraction of sp³-hybridized carbons (Fsp3) is 0.286. The minimum absolute atomic E-state index is 0.144. The molecule has 3 rings (SSSR count). The van der Waals surface area contributed by atoms with Crippen molar-refractivity contribution in [3.63, 3.8) is 0 Å². The molecule has 0 aliphatic carbocycles. The molecule has 1 aliphatic heterocycles. The van der Waals surface area contributed by atoms with E-state index in [0.717, 1.165) is 22.8 Å². The lowest BCUT2D eigenvalue weighted by atomic mass is 10.1. The standard InChI is InChI=1S/C14H15NO3/c1-9-2-4-11(18-9)7-15-13-8-17-14-6-10(16)3-5-12(13)14/h2-6,13,15-16H,7-8H2,1H3. The van der Waals surface area contributed by atoms with E-state index in [1.165, 1.54) is 0 Å². The van der Waals surface area contributed by atoms with Gasteiger partial charge in [0.15, 0.2) is 0 Å². The third-order valence-corrected chi connectivity index (χ3v) is 3.10. The summed E-state index contributed by atoms with van der Waals surface area (Å²) in [5.41, 5.74) is 1.08. The van der Waals surface area contributed by atoms with E-state index in [0.29, 0.717) is 13.2 Å². The Bertz CT molecular complexity index is 562. The van der Waals surface area contributed by atoms with Crippen molar-refractivity contribution in [1.29, 1.82) is 0 Å². The zero-order valence-corrected chi connectivity index (χ0v) is 10.1. The van der Waals surface area contributed by atoms with Gasteiger partial charge in [-0.2, -0.15) is 0 Å². The normalized spacial score (nSPS) is 17.5. The van der Waals surface area contributed by atoms with Crippen molar-refractivity contribution in [2.24, 2.45) is 0 Å². The molecule has 4 heteroatoms. The topological polar surface area (TPSA) is 54.6 Å². The van der Waals surface area contributed by atoms with Crippen LogP contribution in [-0.4, -0.2) is 11.7 Å². The quantitative estimate of drug-likeness (QED) is 0.872. The molecule has 94 valence electrons. The summed E-state index contributed by atoms with van der Waals surface area (Å²) in [7, 11) is 0. The average molecular weight is 245 g/mol. The molecular weight excluding hydrogens is 230 g/mol. The summed E-state index contributed by atoms with van der Waals surface area (Å²) in [6, 6.07) is 9.28. The monoisotopic (exact) mass is 245 g/mol. The maximum absolute atomic E-state index is 9.38. The molecule has 1 aromatic heterocycles. The van der Waals surface area contributed by atoms with Crippen LogP contribution in [0.3, 0.4) is 0 Å². The van der Waals surface area contributed by atoms with E-state index in [2.05, 4.69) is 5.32 Å². The number of hydrogen-bond acceptors (Lipinski definition) is 4. The molecule has 18 heavy (non-hydrogen) atoms. The first-order chi connectivity index (χ1) is 8.72. The summed E-state index contributed by atoms with van der Waals surface area (Å²) >= 11 is 0. The van der Waals surface area contributed by atoms with Crippen molar-refractivity contribution in [3.05, 3.63) is 47.4 Å². The van der Waals surface area contributed by atoms with Crippen LogP contribution in [0, 0.1) is 6.92 Å². The highest BCUT2D eigenvalue weighted by Gasteiger charge is 2.24. The van der Waals surface area contributed by atoms with E-state index in [4.69, 9.17) is 9.15 Å². The predicted molar refractivity (Wildman–Crippen MR) is 66.6 cm³/mol. The van der Waals surface area contributed by atoms with Crippen LogP contribution >= 0.6 is 0 Å². The maximum Gasteiger partial charge on any atom is 0.127 e. The van der Waals surface area contributed by atoms with Crippen molar-refractivity contribution in [2.75, 3.05) is 6.61 Å². The van der Waals surface area contributed by atoms with E-state index < -0.39 is 0 Å². The van der Waals surface area contributed by atoms with Gasteiger partial charge in [-0.15, -0.1) is 0 Å². The molecule has 2 aromatic rings. The van der Waals surface area contributed by atoms with Crippen molar-refractivity contribution in [1.82, 2.24) is 5.32 Å². The van der Waals surface area contributed by atoms with E-state index in [-0.39, 0.29) is 11.8 Å². The average Bonchev–Trinajstić information content (AvgIpc) is 2.92. The van der Waals surface area contributed by atoms with Gasteiger partial charge in [0.1, 0.15) is 29.6 Å². The van der Waals surface area contributed by atoms with Crippen LogP contribution < -0.4 is 10.1 Å². The van der Waals surface area contributed by atoms with Crippen LogP contribution in [-0.2, 0) is 6.54 Å². The Morgan fingerprint density at radius 2 is 2.22 bits per heavy atom. The number of rotatable bonds is 3. The van der Waals surface area contributed by atoms with Gasteiger partial charge in [-0.3, -0.25) is 5.32 Å². The number of nitrogens with one attached hydrogen (secondary N) is 1. The number of furan rings is 1. The van der Waals surface area contributed by atoms with Crippen LogP contribution in [0.25, 0.3) is 0 Å². The lowest BCUT2D eigenvalue weighted by Gasteiger charge is -2.10. The van der Waals surface area contributed by atoms with E-state index >= 15 is 0 Å². The Hall–Kier alpha value is -1.94. The summed E-state index contributed by atoms with van der Waals surface area (Å²) in [5.74, 6) is 2.82. The molecule has 0 saturated carbocycles. The summed E-state index contributed by atoms with van der Waals surface area (Å²) in [4.78, 5) is 0. The largest absolute Gasteiger partial charge is 0.508 e. The van der Waals surface area contributed by atoms with Gasteiger partial charge in [0.25, 0.3) is 0 Å². The van der Waals surface area contributed by atoms with Gasteiger partial charge in [0.05, 0.1) is 12.6 Å². The minimum atomic E-state index is 0.144. The summed E-state index contributed by atoms with van der Waals surface area (Å²) in [6.45, 7) is 3.18. The fourth-order valence-corrected chi connectivity index (χ4v) is 2.17. The van der Waals surface area contributed by atoms with Crippen molar-refractivity contribution >= 4 is 0 Å². The van der Waals surface area contributed by atoms with Gasteiger partial charge in [-0.25, -0.2) is 0 Å². The molecule has 0 radical (unpaired) electrons. The summed E-state index contributed by atoms with van der Waals surface area (Å²) < 4.78 is 11.0. The molecule has 2 heterocycles. The molecule has 0 spiro atoms. The van der Waals surface area contributed by atoms with E-state index in [1.807, 2.05) is 25.1 Å². The first-order valence-corrected chi connectivity index (χ1v) is 5.97. The smallest absolute Gasteiger partial charge is 0.127 e. The highest BCUT2D eigenvalue weighted by molar-refractivity contribution is 5.44. The Balaban J connectivity index is 1.69. The van der Waals surface area contributed by atoms with Crippen molar-refractivity contribution < 1.29 is 14.3 Å². The third-order valence-electron chi connectivity index (χ3n) is 3.10. The second-order valence-corrected chi connectivity index (χ2v) is 4.48. The van der Waals surface area contributed by atoms with E-state index in [9.17, 15) is 5.11 Å². The Labute approximate surface area is 105 Å². The lowest BCUT2D eigenvalue weighted by molar-refractivity contribution is 0.305. The molecule has 1 aliphatic rings. The number of benzene rings is 1. The molecule has 4 nitrogen and oxygen atoms in total. The molecule has 1 atom stereocenters. The van der Waals surface area contributed by atoms with Crippen LogP contribution in [0.5, 0.6) is 11.5 Å². The highest BCUT2D eigenvalue weighted by atomic mass is 16.5. The number of phenolic OH excluding ortho intramolecular Hbond substituents is 1. The third kappa shape index (κ3) is 2.07. The molecule has 0 amide bonds. The lowest BCUT2D eigenvalue weighted by Crippen LogP contribution is -2.21. The molecule has 1 unspecified atom stereocenters. The van der Waals surface area contributed by atoms with Crippen LogP contribution in [0.2, 0.25) is 0 Å². The Morgan fingerprint density at radius 1 is 1.33 bits per heavy atom. The second-order valence-electron chi connectivity index (χ2n) is 4.48. The zero-order valence-electron chi connectivity index (χ0n) is 10.1. The molecule has 0 bridgehead atoms. The number of hydrogen-bond donors (Lipinski definition) is 2. The molecule has 0 saturated heterocycles. The summed E-state index contributed by atoms with van der Waals surface area (Å²) in [6.07, 6.45) is 0. The van der Waals surface area contributed by atoms with Gasteiger partial charge >= 0.3 is 0 Å². The minimum Gasteiger partial charge on any atom is -0.508 e. The first kappa shape index (κ1) is 11.2. The number of ether oxygens (including phenoxy) is 1. The van der Waals surface area contributed by atoms with Gasteiger partial charge < -0.3 is 14.3 Å². The van der Waals surface area contributed by atoms with Crippen LogP contribution in [0.15, 0.2) is 34.7 Å². The fourth-order valence-electron chi connectivity index (χ4n) is 2.17. The molecule has 0 fully saturated rings. The molecule has 1 aromatic carbocycles. The van der Waals surface area contributed by atoms with Crippen molar-refractivity contribution in [3.8, 4) is 11.5 Å². The zero-order chi connectivity index (χ0) is 12.5. The first-order valence-electron chi connectivity index (χ1n) is 5.97. The SMILES string of the molecule is Cc1ccc(CNC2COc3cc(O)ccc32)o1. The Kier molecular flexibility index (Phi) is 2.72.